The van der Waals surface area contributed by atoms with E-state index in [2.05, 4.69) is 20.6 Å². The number of hydrogen-bond acceptors (Lipinski definition) is 3. The van der Waals surface area contributed by atoms with E-state index in [0.717, 1.165) is 23.6 Å². The van der Waals surface area contributed by atoms with Crippen molar-refractivity contribution in [1.82, 2.24) is 15.6 Å². The third-order valence-electron chi connectivity index (χ3n) is 4.04. The zero-order chi connectivity index (χ0) is 19.1. The Bertz CT molecular complexity index is 758. The second-order valence-electron chi connectivity index (χ2n) is 6.45. The van der Waals surface area contributed by atoms with E-state index in [1.165, 1.54) is 0 Å². The van der Waals surface area contributed by atoms with Crippen molar-refractivity contribution in [3.63, 3.8) is 0 Å². The van der Waals surface area contributed by atoms with Crippen LogP contribution in [0.5, 0.6) is 0 Å². The van der Waals surface area contributed by atoms with Gasteiger partial charge in [0.25, 0.3) is 0 Å². The Labute approximate surface area is 155 Å². The zero-order valence-corrected chi connectivity index (χ0v) is 16.2. The number of hydrogen-bond donors (Lipinski definition) is 2. The van der Waals surface area contributed by atoms with Crippen LogP contribution in [0.3, 0.4) is 0 Å². The van der Waals surface area contributed by atoms with Crippen LogP contribution in [0.15, 0.2) is 41.4 Å². The minimum atomic E-state index is -0.192. The van der Waals surface area contributed by atoms with Crippen LogP contribution in [-0.2, 0) is 6.54 Å². The average molecular weight is 357 g/mol. The molecule has 2 aromatic rings. The third-order valence-corrected chi connectivity index (χ3v) is 4.04. The number of aromatic nitrogens is 1. The zero-order valence-electron chi connectivity index (χ0n) is 16.2. The number of nitrogens with one attached hydrogen (secondary N) is 2. The summed E-state index contributed by atoms with van der Waals surface area (Å²) in [6, 6.07) is 11.1. The van der Waals surface area contributed by atoms with Gasteiger partial charge in [0, 0.05) is 20.6 Å². The van der Waals surface area contributed by atoms with Crippen LogP contribution in [0.1, 0.15) is 36.7 Å². The maximum absolute atomic E-state index is 13.8. The normalized spacial score (nSPS) is 12.6. The first kappa shape index (κ1) is 19.7. The van der Waals surface area contributed by atoms with E-state index >= 15 is 0 Å². The van der Waals surface area contributed by atoms with Crippen LogP contribution >= 0.6 is 0 Å². The van der Waals surface area contributed by atoms with E-state index in [4.69, 9.17) is 0 Å². The highest BCUT2D eigenvalue weighted by Gasteiger charge is 2.10. The van der Waals surface area contributed by atoms with Gasteiger partial charge in [-0.05, 0) is 50.1 Å². The number of halogens is 1. The number of pyridine rings is 1. The summed E-state index contributed by atoms with van der Waals surface area (Å²) in [7, 11) is 3.92. The summed E-state index contributed by atoms with van der Waals surface area (Å²) in [5, 5.41) is 6.55. The fourth-order valence-corrected chi connectivity index (χ4v) is 2.45. The number of aliphatic imine (C=N–C) groups is 1. The van der Waals surface area contributed by atoms with Crippen LogP contribution in [0.4, 0.5) is 10.2 Å². The lowest BCUT2D eigenvalue weighted by Gasteiger charge is -2.18. The number of guanidine groups is 1. The highest BCUT2D eigenvalue weighted by Crippen LogP contribution is 2.16. The summed E-state index contributed by atoms with van der Waals surface area (Å²) in [6.07, 6.45) is 0. The maximum atomic E-state index is 13.8. The SMILES string of the molecule is CCNC(=NCc1cccc(N(C)C)n1)NC(C)c1ccc(C)c(F)c1. The van der Waals surface area contributed by atoms with E-state index < -0.39 is 0 Å². The van der Waals surface area contributed by atoms with Gasteiger partial charge in [-0.1, -0.05) is 18.2 Å². The smallest absolute Gasteiger partial charge is 0.192 e. The topological polar surface area (TPSA) is 52.6 Å². The molecule has 0 aliphatic rings. The lowest BCUT2D eigenvalue weighted by Crippen LogP contribution is -2.38. The van der Waals surface area contributed by atoms with Gasteiger partial charge in [-0.25, -0.2) is 14.4 Å². The van der Waals surface area contributed by atoms with E-state index in [0.29, 0.717) is 18.1 Å². The van der Waals surface area contributed by atoms with Gasteiger partial charge in [-0.3, -0.25) is 0 Å². The van der Waals surface area contributed by atoms with Gasteiger partial charge in [0.15, 0.2) is 5.96 Å². The minimum Gasteiger partial charge on any atom is -0.363 e. The molecule has 0 fully saturated rings. The summed E-state index contributed by atoms with van der Waals surface area (Å²) in [6.45, 7) is 6.97. The molecule has 0 amide bonds. The largest absolute Gasteiger partial charge is 0.363 e. The van der Waals surface area contributed by atoms with Crippen molar-refractivity contribution in [1.29, 1.82) is 0 Å². The molecule has 1 aromatic carbocycles. The van der Waals surface area contributed by atoms with Gasteiger partial charge in [0.05, 0.1) is 18.3 Å². The fraction of sp³-hybridized carbons (Fsp3) is 0.400. The summed E-state index contributed by atoms with van der Waals surface area (Å²) < 4.78 is 13.8. The maximum Gasteiger partial charge on any atom is 0.192 e. The monoisotopic (exact) mass is 357 g/mol. The molecule has 0 bridgehead atoms. The van der Waals surface area contributed by atoms with E-state index in [1.54, 1.807) is 19.1 Å². The number of benzene rings is 1. The van der Waals surface area contributed by atoms with Gasteiger partial charge in [0.2, 0.25) is 0 Å². The fourth-order valence-electron chi connectivity index (χ4n) is 2.45. The van der Waals surface area contributed by atoms with E-state index in [1.807, 2.05) is 57.1 Å². The first-order chi connectivity index (χ1) is 12.4. The summed E-state index contributed by atoms with van der Waals surface area (Å²) in [5.74, 6) is 1.39. The lowest BCUT2D eigenvalue weighted by molar-refractivity contribution is 0.607. The molecule has 1 unspecified atom stereocenters. The number of nitrogens with zero attached hydrogens (tertiary/aromatic N) is 3. The minimum absolute atomic E-state index is 0.0658. The van der Waals surface area contributed by atoms with Gasteiger partial charge >= 0.3 is 0 Å². The second kappa shape index (κ2) is 9.17. The molecule has 2 rings (SSSR count). The Balaban J connectivity index is 2.10. The molecular weight excluding hydrogens is 329 g/mol. The summed E-state index contributed by atoms with van der Waals surface area (Å²) >= 11 is 0. The molecule has 1 aromatic heterocycles. The van der Waals surface area contributed by atoms with Crippen molar-refractivity contribution in [2.75, 3.05) is 25.5 Å². The quantitative estimate of drug-likeness (QED) is 0.614. The van der Waals surface area contributed by atoms with Crippen molar-refractivity contribution in [3.8, 4) is 0 Å². The molecule has 140 valence electrons. The number of anilines is 1. The van der Waals surface area contributed by atoms with Crippen LogP contribution < -0.4 is 15.5 Å². The molecule has 1 heterocycles. The molecule has 5 nitrogen and oxygen atoms in total. The standard InChI is InChI=1S/C20H28FN5/c1-6-22-20(23-13-17-8-7-9-19(25-17)26(4)5)24-15(3)16-11-10-14(2)18(21)12-16/h7-12,15H,6,13H2,1-5H3,(H2,22,23,24). The first-order valence-corrected chi connectivity index (χ1v) is 8.85. The van der Waals surface area contributed by atoms with Gasteiger partial charge in [-0.15, -0.1) is 0 Å². The molecular formula is C20H28FN5. The number of rotatable bonds is 6. The molecule has 0 saturated heterocycles. The summed E-state index contributed by atoms with van der Waals surface area (Å²) in [5.41, 5.74) is 2.42. The van der Waals surface area contributed by atoms with Crippen molar-refractivity contribution in [2.24, 2.45) is 4.99 Å². The van der Waals surface area contributed by atoms with Crippen LogP contribution in [-0.4, -0.2) is 31.6 Å². The first-order valence-electron chi connectivity index (χ1n) is 8.85. The predicted molar refractivity (Wildman–Crippen MR) is 106 cm³/mol. The predicted octanol–water partition coefficient (Wildman–Crippen LogP) is 3.41. The van der Waals surface area contributed by atoms with Crippen LogP contribution in [0.25, 0.3) is 0 Å². The molecule has 0 spiro atoms. The highest BCUT2D eigenvalue weighted by atomic mass is 19.1. The molecule has 0 aliphatic carbocycles. The van der Waals surface area contributed by atoms with Gasteiger partial charge in [-0.2, -0.15) is 0 Å². The second-order valence-corrected chi connectivity index (χ2v) is 6.45. The molecule has 0 saturated carbocycles. The molecule has 6 heteroatoms. The van der Waals surface area contributed by atoms with Crippen molar-refractivity contribution < 1.29 is 4.39 Å². The Morgan fingerprint density at radius 1 is 1.27 bits per heavy atom. The van der Waals surface area contributed by atoms with Gasteiger partial charge in [0.1, 0.15) is 11.6 Å². The van der Waals surface area contributed by atoms with Crippen LogP contribution in [0.2, 0.25) is 0 Å². The molecule has 2 N–H and O–H groups in total. The molecule has 0 aliphatic heterocycles. The van der Waals surface area contributed by atoms with Crippen LogP contribution in [0, 0.1) is 12.7 Å². The summed E-state index contributed by atoms with van der Waals surface area (Å²) in [4.78, 5) is 11.1. The molecule has 1 atom stereocenters. The van der Waals surface area contributed by atoms with Crippen molar-refractivity contribution >= 4 is 11.8 Å². The highest BCUT2D eigenvalue weighted by molar-refractivity contribution is 5.80. The average Bonchev–Trinajstić information content (AvgIpc) is 2.62. The molecule has 26 heavy (non-hydrogen) atoms. The van der Waals surface area contributed by atoms with Crippen molar-refractivity contribution in [2.45, 2.75) is 33.4 Å². The van der Waals surface area contributed by atoms with E-state index in [9.17, 15) is 4.39 Å². The number of aryl methyl sites for hydroxylation is 1. The van der Waals surface area contributed by atoms with Gasteiger partial charge < -0.3 is 15.5 Å². The lowest BCUT2D eigenvalue weighted by atomic mass is 10.1. The Hall–Kier alpha value is -2.63. The molecule has 0 radical (unpaired) electrons. The van der Waals surface area contributed by atoms with Crippen molar-refractivity contribution in [3.05, 3.63) is 59.0 Å². The Morgan fingerprint density at radius 2 is 2.04 bits per heavy atom. The van der Waals surface area contributed by atoms with E-state index in [-0.39, 0.29) is 11.9 Å². The Morgan fingerprint density at radius 3 is 2.69 bits per heavy atom. The third kappa shape index (κ3) is 5.44. The Kier molecular flexibility index (Phi) is 6.95.